The highest BCUT2D eigenvalue weighted by Crippen LogP contribution is 2.25. The van der Waals surface area contributed by atoms with Crippen molar-refractivity contribution in [3.05, 3.63) is 62.3 Å². The minimum Gasteiger partial charge on any atom is -0.497 e. The van der Waals surface area contributed by atoms with Crippen molar-refractivity contribution in [2.24, 2.45) is 0 Å². The summed E-state index contributed by atoms with van der Waals surface area (Å²) in [6, 6.07) is 7.30. The summed E-state index contributed by atoms with van der Waals surface area (Å²) in [6.45, 7) is 0. The molecule has 0 aliphatic heterocycles. The van der Waals surface area contributed by atoms with Gasteiger partial charge in [-0.05, 0) is 36.4 Å². The van der Waals surface area contributed by atoms with Gasteiger partial charge in [0.05, 0.1) is 23.9 Å². The first kappa shape index (κ1) is 16.9. The Morgan fingerprint density at radius 3 is 2.62 bits per heavy atom. The summed E-state index contributed by atoms with van der Waals surface area (Å²) in [7, 11) is 1.58. The molecule has 0 fully saturated rings. The van der Waals surface area contributed by atoms with Crippen LogP contribution in [-0.4, -0.2) is 37.3 Å². The van der Waals surface area contributed by atoms with E-state index in [0.717, 1.165) is 11.3 Å². The Morgan fingerprint density at radius 1 is 1.27 bits per heavy atom. The normalized spacial score (nSPS) is 11.0. The Hall–Kier alpha value is -3.95. The maximum Gasteiger partial charge on any atom is 0.395 e. The minimum atomic E-state index is -1.04. The fourth-order valence-corrected chi connectivity index (χ4v) is 2.30. The molecule has 3 N–H and O–H groups in total. The molecule has 132 valence electrons. The van der Waals surface area contributed by atoms with Crippen molar-refractivity contribution in [2.45, 2.75) is 0 Å². The van der Waals surface area contributed by atoms with Crippen molar-refractivity contribution in [3.8, 4) is 22.9 Å². The molecule has 10 heteroatoms. The van der Waals surface area contributed by atoms with Crippen molar-refractivity contribution < 1.29 is 14.8 Å². The second-order valence-electron chi connectivity index (χ2n) is 5.14. The van der Waals surface area contributed by atoms with Crippen LogP contribution in [0.3, 0.4) is 0 Å². The predicted octanol–water partition coefficient (Wildman–Crippen LogP) is 1.95. The van der Waals surface area contributed by atoms with Crippen LogP contribution in [0.5, 0.6) is 11.6 Å². The number of hydrogen-bond donors (Lipinski definition) is 3. The molecule has 3 rings (SSSR count). The summed E-state index contributed by atoms with van der Waals surface area (Å²) >= 11 is 0. The minimum absolute atomic E-state index is 0.0278. The SMILES string of the molecule is COc1ccc(-c2[nH]ncc2C=Cc2nc(O)c([N+](=O)[O-])c(=O)[nH]2)cc1. The fourth-order valence-electron chi connectivity index (χ4n) is 2.30. The molecule has 0 spiro atoms. The zero-order valence-electron chi connectivity index (χ0n) is 13.5. The Morgan fingerprint density at radius 2 is 2.00 bits per heavy atom. The van der Waals surface area contributed by atoms with Crippen molar-refractivity contribution >= 4 is 17.8 Å². The first-order valence-corrected chi connectivity index (χ1v) is 7.33. The summed E-state index contributed by atoms with van der Waals surface area (Å²) in [6.07, 6.45) is 4.58. The molecule has 10 nitrogen and oxygen atoms in total. The second-order valence-corrected chi connectivity index (χ2v) is 5.14. The van der Waals surface area contributed by atoms with Gasteiger partial charge in [-0.15, -0.1) is 0 Å². The van der Waals surface area contributed by atoms with Crippen LogP contribution in [0.1, 0.15) is 11.4 Å². The maximum atomic E-state index is 11.7. The lowest BCUT2D eigenvalue weighted by Crippen LogP contribution is -2.14. The monoisotopic (exact) mass is 355 g/mol. The van der Waals surface area contributed by atoms with E-state index in [0.29, 0.717) is 11.3 Å². The van der Waals surface area contributed by atoms with Gasteiger partial charge in [0.25, 0.3) is 5.88 Å². The lowest BCUT2D eigenvalue weighted by Gasteiger charge is -2.02. The first-order valence-electron chi connectivity index (χ1n) is 7.33. The van der Waals surface area contributed by atoms with Crippen molar-refractivity contribution in [1.29, 1.82) is 0 Å². The average Bonchev–Trinajstić information content (AvgIpc) is 3.07. The van der Waals surface area contributed by atoms with Crippen LogP contribution in [0.15, 0.2) is 35.3 Å². The van der Waals surface area contributed by atoms with E-state index in [1.807, 2.05) is 12.1 Å². The summed E-state index contributed by atoms with van der Waals surface area (Å²) in [5, 5.41) is 27.1. The lowest BCUT2D eigenvalue weighted by molar-refractivity contribution is -0.387. The van der Waals surface area contributed by atoms with Crippen LogP contribution >= 0.6 is 0 Å². The highest BCUT2D eigenvalue weighted by molar-refractivity contribution is 5.77. The third kappa shape index (κ3) is 3.29. The number of nitro groups is 1. The fraction of sp³-hybridized carbons (Fsp3) is 0.0625. The molecule has 2 heterocycles. The topological polar surface area (TPSA) is 147 Å². The van der Waals surface area contributed by atoms with Crippen molar-refractivity contribution in [2.75, 3.05) is 7.11 Å². The van der Waals surface area contributed by atoms with Crippen LogP contribution in [0.25, 0.3) is 23.4 Å². The molecule has 3 aromatic rings. The highest BCUT2D eigenvalue weighted by atomic mass is 16.6. The Balaban J connectivity index is 1.92. The Labute approximate surface area is 146 Å². The molecule has 0 saturated carbocycles. The van der Waals surface area contributed by atoms with Gasteiger partial charge in [0.1, 0.15) is 11.6 Å². The number of aromatic amines is 2. The molecule has 0 atom stereocenters. The molecule has 0 saturated heterocycles. The molecule has 0 unspecified atom stereocenters. The number of benzene rings is 1. The van der Waals surface area contributed by atoms with Gasteiger partial charge in [0.15, 0.2) is 0 Å². The van der Waals surface area contributed by atoms with Gasteiger partial charge >= 0.3 is 11.2 Å². The van der Waals surface area contributed by atoms with E-state index < -0.39 is 22.0 Å². The van der Waals surface area contributed by atoms with Crippen LogP contribution in [0, 0.1) is 10.1 Å². The lowest BCUT2D eigenvalue weighted by atomic mass is 10.1. The number of aromatic hydroxyl groups is 1. The molecule has 0 aliphatic carbocycles. The summed E-state index contributed by atoms with van der Waals surface area (Å²) < 4.78 is 5.12. The quantitative estimate of drug-likeness (QED) is 0.468. The van der Waals surface area contributed by atoms with Gasteiger partial charge in [-0.25, -0.2) is 0 Å². The zero-order chi connectivity index (χ0) is 18.7. The largest absolute Gasteiger partial charge is 0.497 e. The van der Waals surface area contributed by atoms with E-state index >= 15 is 0 Å². The van der Waals surface area contributed by atoms with Gasteiger partial charge < -0.3 is 14.8 Å². The highest BCUT2D eigenvalue weighted by Gasteiger charge is 2.21. The molecule has 2 aromatic heterocycles. The van der Waals surface area contributed by atoms with E-state index in [2.05, 4.69) is 20.2 Å². The summed E-state index contributed by atoms with van der Waals surface area (Å²) in [5.74, 6) is -0.255. The third-order valence-electron chi connectivity index (χ3n) is 3.55. The van der Waals surface area contributed by atoms with Crippen LogP contribution < -0.4 is 10.3 Å². The number of rotatable bonds is 5. The van der Waals surface area contributed by atoms with Crippen molar-refractivity contribution in [1.82, 2.24) is 20.2 Å². The number of nitrogens with zero attached hydrogens (tertiary/aromatic N) is 3. The third-order valence-corrected chi connectivity index (χ3v) is 3.55. The van der Waals surface area contributed by atoms with Crippen LogP contribution in [-0.2, 0) is 0 Å². The van der Waals surface area contributed by atoms with E-state index in [9.17, 15) is 20.0 Å². The zero-order valence-corrected chi connectivity index (χ0v) is 13.5. The van der Waals surface area contributed by atoms with Gasteiger partial charge in [-0.2, -0.15) is 10.1 Å². The summed E-state index contributed by atoms with van der Waals surface area (Å²) in [4.78, 5) is 27.2. The number of methoxy groups -OCH3 is 1. The van der Waals surface area contributed by atoms with Crippen LogP contribution in [0.4, 0.5) is 5.69 Å². The van der Waals surface area contributed by atoms with Gasteiger partial charge in [-0.1, -0.05) is 0 Å². The smallest absolute Gasteiger partial charge is 0.395 e. The Kier molecular flexibility index (Phi) is 4.48. The molecule has 0 amide bonds. The molecular formula is C16H13N5O5. The second kappa shape index (κ2) is 6.89. The van der Waals surface area contributed by atoms with E-state index in [1.54, 1.807) is 31.5 Å². The Bertz CT molecular complexity index is 1040. The number of aromatic nitrogens is 4. The molecule has 26 heavy (non-hydrogen) atoms. The molecule has 0 bridgehead atoms. The first-order chi connectivity index (χ1) is 12.5. The van der Waals surface area contributed by atoms with E-state index in [-0.39, 0.29) is 5.82 Å². The van der Waals surface area contributed by atoms with Gasteiger partial charge in [0, 0.05) is 11.1 Å². The van der Waals surface area contributed by atoms with E-state index in [1.165, 1.54) is 6.08 Å². The predicted molar refractivity (Wildman–Crippen MR) is 92.7 cm³/mol. The van der Waals surface area contributed by atoms with Crippen LogP contribution in [0.2, 0.25) is 0 Å². The molecular weight excluding hydrogens is 342 g/mol. The standard InChI is InChI=1S/C16H13N5O5/c1-26-11-5-2-9(3-6-11)13-10(8-17-20-13)4-7-12-18-15(22)14(21(24)25)16(23)19-12/h2-8H,1H3,(H,17,20)(H2,18,19,22,23). The number of nitrogens with one attached hydrogen (secondary N) is 2. The number of ether oxygens (including phenoxy) is 1. The molecule has 0 aliphatic rings. The van der Waals surface area contributed by atoms with Crippen molar-refractivity contribution in [3.63, 3.8) is 0 Å². The number of H-pyrrole nitrogens is 2. The summed E-state index contributed by atoms with van der Waals surface area (Å²) in [5.41, 5.74) is 0.234. The van der Waals surface area contributed by atoms with Gasteiger partial charge in [-0.3, -0.25) is 20.0 Å². The average molecular weight is 355 g/mol. The maximum absolute atomic E-state index is 11.7. The van der Waals surface area contributed by atoms with Gasteiger partial charge in [0.2, 0.25) is 0 Å². The number of hydrogen-bond acceptors (Lipinski definition) is 7. The molecule has 1 aromatic carbocycles. The molecule has 0 radical (unpaired) electrons. The van der Waals surface area contributed by atoms with E-state index in [4.69, 9.17) is 4.74 Å².